The molecule has 154 valence electrons. The standard InChI is InChI=1S/C18H29N5O2.2ClH/c24-18(2-1-5-23-12-20-11-21-23)22-16-6-14-8-19-9-15(14)7-17(16)25-10-13-3-4-13;;/h11-17,19H,1-10H2,(H,22,24);2*1H/t14-,15+,16-,17-;;/m0../s1. The fourth-order valence-corrected chi connectivity index (χ4v) is 4.19. The molecule has 2 saturated carbocycles. The lowest BCUT2D eigenvalue weighted by Gasteiger charge is -2.38. The third-order valence-electron chi connectivity index (χ3n) is 5.87. The number of nitrogens with one attached hydrogen (secondary N) is 2. The molecule has 0 radical (unpaired) electrons. The predicted octanol–water partition coefficient (Wildman–Crippen LogP) is 1.81. The van der Waals surface area contributed by atoms with Crippen molar-refractivity contribution in [3.63, 3.8) is 0 Å². The van der Waals surface area contributed by atoms with Gasteiger partial charge in [-0.15, -0.1) is 24.8 Å². The molecule has 7 nitrogen and oxygen atoms in total. The zero-order chi connectivity index (χ0) is 17.1. The first-order chi connectivity index (χ1) is 12.3. The first kappa shape index (κ1) is 22.4. The van der Waals surface area contributed by atoms with E-state index in [-0.39, 0.29) is 42.9 Å². The monoisotopic (exact) mass is 419 g/mol. The van der Waals surface area contributed by atoms with Gasteiger partial charge in [0.25, 0.3) is 0 Å². The van der Waals surface area contributed by atoms with Crippen molar-refractivity contribution in [3.05, 3.63) is 12.7 Å². The smallest absolute Gasteiger partial charge is 0.220 e. The van der Waals surface area contributed by atoms with Crippen LogP contribution in [-0.2, 0) is 16.1 Å². The van der Waals surface area contributed by atoms with Crippen LogP contribution in [0.1, 0.15) is 38.5 Å². The highest BCUT2D eigenvalue weighted by Gasteiger charge is 2.41. The molecule has 1 aromatic heterocycles. The average Bonchev–Trinajstić information content (AvgIpc) is 3.07. The van der Waals surface area contributed by atoms with Crippen molar-refractivity contribution < 1.29 is 9.53 Å². The van der Waals surface area contributed by atoms with Crippen LogP contribution < -0.4 is 10.6 Å². The quantitative estimate of drug-likeness (QED) is 0.671. The Balaban J connectivity index is 0.00000131. The first-order valence-corrected chi connectivity index (χ1v) is 9.72. The van der Waals surface area contributed by atoms with Gasteiger partial charge >= 0.3 is 0 Å². The van der Waals surface area contributed by atoms with E-state index in [1.54, 1.807) is 11.0 Å². The van der Waals surface area contributed by atoms with Crippen LogP contribution in [0.2, 0.25) is 0 Å². The maximum absolute atomic E-state index is 12.4. The summed E-state index contributed by atoms with van der Waals surface area (Å²) in [5.74, 6) is 2.29. The molecule has 3 fully saturated rings. The van der Waals surface area contributed by atoms with E-state index in [1.807, 2.05) is 0 Å². The van der Waals surface area contributed by atoms with Crippen molar-refractivity contribution in [2.45, 2.75) is 57.2 Å². The molecule has 1 saturated heterocycles. The molecule has 1 aliphatic heterocycles. The van der Waals surface area contributed by atoms with Crippen molar-refractivity contribution in [3.8, 4) is 0 Å². The Kier molecular flexibility index (Phi) is 8.79. The van der Waals surface area contributed by atoms with Gasteiger partial charge in [0.15, 0.2) is 0 Å². The van der Waals surface area contributed by atoms with Crippen LogP contribution in [0.5, 0.6) is 0 Å². The van der Waals surface area contributed by atoms with Gasteiger partial charge < -0.3 is 15.4 Å². The number of aryl methyl sites for hydroxylation is 1. The van der Waals surface area contributed by atoms with E-state index in [2.05, 4.69) is 20.7 Å². The predicted molar refractivity (Wildman–Crippen MR) is 107 cm³/mol. The van der Waals surface area contributed by atoms with Gasteiger partial charge in [0.1, 0.15) is 12.7 Å². The minimum absolute atomic E-state index is 0. The Morgan fingerprint density at radius 3 is 2.70 bits per heavy atom. The van der Waals surface area contributed by atoms with E-state index >= 15 is 0 Å². The van der Waals surface area contributed by atoms with E-state index in [0.717, 1.165) is 51.4 Å². The van der Waals surface area contributed by atoms with Crippen molar-refractivity contribution in [2.75, 3.05) is 19.7 Å². The summed E-state index contributed by atoms with van der Waals surface area (Å²) in [5, 5.41) is 10.8. The molecule has 2 N–H and O–H groups in total. The largest absolute Gasteiger partial charge is 0.376 e. The summed E-state index contributed by atoms with van der Waals surface area (Å²) in [7, 11) is 0. The molecule has 9 heteroatoms. The number of carbonyl (C=O) groups excluding carboxylic acids is 1. The van der Waals surface area contributed by atoms with Gasteiger partial charge in [0, 0.05) is 19.6 Å². The summed E-state index contributed by atoms with van der Waals surface area (Å²) in [6.45, 7) is 3.79. The molecule has 0 spiro atoms. The fraction of sp³-hybridized carbons (Fsp3) is 0.833. The summed E-state index contributed by atoms with van der Waals surface area (Å²) in [6, 6.07) is 0.166. The molecule has 27 heavy (non-hydrogen) atoms. The second-order valence-corrected chi connectivity index (χ2v) is 7.90. The number of nitrogens with zero attached hydrogens (tertiary/aromatic N) is 3. The number of hydrogen-bond donors (Lipinski definition) is 2. The van der Waals surface area contributed by atoms with Crippen LogP contribution in [0.3, 0.4) is 0 Å². The van der Waals surface area contributed by atoms with Gasteiger partial charge in [-0.2, -0.15) is 5.10 Å². The van der Waals surface area contributed by atoms with E-state index < -0.39 is 0 Å². The van der Waals surface area contributed by atoms with Gasteiger partial charge in [-0.25, -0.2) is 4.98 Å². The molecule has 3 aliphatic rings. The van der Waals surface area contributed by atoms with Crippen LogP contribution in [0.4, 0.5) is 0 Å². The fourth-order valence-electron chi connectivity index (χ4n) is 4.19. The Morgan fingerprint density at radius 2 is 2.00 bits per heavy atom. The number of aromatic nitrogens is 3. The van der Waals surface area contributed by atoms with E-state index in [4.69, 9.17) is 4.74 Å². The van der Waals surface area contributed by atoms with Crippen LogP contribution >= 0.6 is 24.8 Å². The molecule has 0 unspecified atom stereocenters. The summed E-state index contributed by atoms with van der Waals surface area (Å²) in [6.07, 6.45) is 9.43. The summed E-state index contributed by atoms with van der Waals surface area (Å²) in [5.41, 5.74) is 0. The van der Waals surface area contributed by atoms with Gasteiger partial charge in [-0.3, -0.25) is 9.48 Å². The maximum Gasteiger partial charge on any atom is 0.220 e. The lowest BCUT2D eigenvalue weighted by molar-refractivity contribution is -0.124. The Labute approximate surface area is 173 Å². The molecular weight excluding hydrogens is 389 g/mol. The summed E-state index contributed by atoms with van der Waals surface area (Å²) >= 11 is 0. The Hall–Kier alpha value is -0.890. The Bertz CT molecular complexity index is 570. The normalized spacial score (nSPS) is 29.3. The molecule has 4 rings (SSSR count). The molecule has 2 heterocycles. The highest BCUT2D eigenvalue weighted by Crippen LogP contribution is 2.36. The summed E-state index contributed by atoms with van der Waals surface area (Å²) in [4.78, 5) is 16.3. The van der Waals surface area contributed by atoms with Crippen molar-refractivity contribution in [2.24, 2.45) is 17.8 Å². The minimum Gasteiger partial charge on any atom is -0.376 e. The molecule has 1 aromatic rings. The highest BCUT2D eigenvalue weighted by molar-refractivity contribution is 5.85. The van der Waals surface area contributed by atoms with Crippen molar-refractivity contribution in [1.29, 1.82) is 0 Å². The van der Waals surface area contributed by atoms with E-state index in [9.17, 15) is 4.79 Å². The SMILES string of the molecule is Cl.Cl.O=C(CCCn1cncn1)N[C@H]1C[C@H]2CNC[C@H]2C[C@@H]1OCC1CC1. The van der Waals surface area contributed by atoms with Crippen molar-refractivity contribution in [1.82, 2.24) is 25.4 Å². The van der Waals surface area contributed by atoms with E-state index in [1.165, 1.54) is 19.2 Å². The lowest BCUT2D eigenvalue weighted by atomic mass is 9.77. The minimum atomic E-state index is 0. The van der Waals surface area contributed by atoms with Crippen LogP contribution in [-0.4, -0.2) is 52.5 Å². The van der Waals surface area contributed by atoms with Crippen molar-refractivity contribution >= 4 is 30.7 Å². The summed E-state index contributed by atoms with van der Waals surface area (Å²) < 4.78 is 8.00. The molecule has 2 aliphatic carbocycles. The lowest BCUT2D eigenvalue weighted by Crippen LogP contribution is -2.50. The maximum atomic E-state index is 12.4. The number of carbonyl (C=O) groups is 1. The molecule has 1 amide bonds. The molecular formula is C18H31Cl2N5O2. The zero-order valence-electron chi connectivity index (χ0n) is 15.6. The molecule has 0 bridgehead atoms. The third kappa shape index (κ3) is 6.31. The highest BCUT2D eigenvalue weighted by atomic mass is 35.5. The Morgan fingerprint density at radius 1 is 1.22 bits per heavy atom. The van der Waals surface area contributed by atoms with E-state index in [0.29, 0.717) is 18.3 Å². The topological polar surface area (TPSA) is 81.1 Å². The number of fused-ring (bicyclic) bond motifs is 1. The number of rotatable bonds is 8. The van der Waals surface area contributed by atoms with Gasteiger partial charge in [-0.1, -0.05) is 0 Å². The third-order valence-corrected chi connectivity index (χ3v) is 5.87. The van der Waals surface area contributed by atoms with Crippen LogP contribution in [0.25, 0.3) is 0 Å². The molecule has 0 aromatic carbocycles. The average molecular weight is 420 g/mol. The van der Waals surface area contributed by atoms with Gasteiger partial charge in [0.05, 0.1) is 12.1 Å². The zero-order valence-corrected chi connectivity index (χ0v) is 17.2. The van der Waals surface area contributed by atoms with Gasteiger partial charge in [0.2, 0.25) is 5.91 Å². The number of halogens is 2. The van der Waals surface area contributed by atoms with Crippen LogP contribution in [0.15, 0.2) is 12.7 Å². The number of hydrogen-bond acceptors (Lipinski definition) is 5. The second kappa shape index (κ2) is 10.6. The van der Waals surface area contributed by atoms with Gasteiger partial charge in [-0.05, 0) is 62.9 Å². The van der Waals surface area contributed by atoms with Crippen LogP contribution in [0, 0.1) is 17.8 Å². The first-order valence-electron chi connectivity index (χ1n) is 9.72. The number of amides is 1. The second-order valence-electron chi connectivity index (χ2n) is 7.90. The molecule has 4 atom stereocenters. The number of ether oxygens (including phenoxy) is 1.